The molecule has 4 heteroatoms. The molecule has 0 bridgehead atoms. The zero-order chi connectivity index (χ0) is 11.6. The monoisotopic (exact) mass is 224 g/mol. The van der Waals surface area contributed by atoms with Crippen molar-refractivity contribution in [1.82, 2.24) is 10.2 Å². The van der Waals surface area contributed by atoms with Crippen LogP contribution in [0, 0.1) is 0 Å². The third kappa shape index (κ3) is 1.70. The van der Waals surface area contributed by atoms with E-state index in [1.165, 1.54) is 12.8 Å². The van der Waals surface area contributed by atoms with Crippen molar-refractivity contribution in [1.29, 1.82) is 0 Å². The Bertz CT molecular complexity index is 293. The molecular weight excluding hydrogens is 204 g/mol. The minimum atomic E-state index is -0.510. The minimum Gasteiger partial charge on any atom is -0.310 e. The first kappa shape index (κ1) is 11.4. The lowest BCUT2D eigenvalue weighted by atomic mass is 9.88. The summed E-state index contributed by atoms with van der Waals surface area (Å²) in [7, 11) is 0. The smallest absolute Gasteiger partial charge is 0.310 e. The van der Waals surface area contributed by atoms with Gasteiger partial charge in [-0.25, -0.2) is 4.79 Å². The molecule has 1 heterocycles. The van der Waals surface area contributed by atoms with Gasteiger partial charge in [0.05, 0.1) is 0 Å². The average Bonchev–Trinajstić information content (AvgIpc) is 2.49. The summed E-state index contributed by atoms with van der Waals surface area (Å²) < 4.78 is 0. The Balaban J connectivity index is 2.25. The van der Waals surface area contributed by atoms with Gasteiger partial charge in [0, 0.05) is 6.54 Å². The molecule has 0 aromatic heterocycles. The van der Waals surface area contributed by atoms with E-state index in [4.69, 9.17) is 0 Å². The summed E-state index contributed by atoms with van der Waals surface area (Å²) in [6.07, 6.45) is 7.06. The molecule has 1 aliphatic heterocycles. The molecule has 1 saturated heterocycles. The highest BCUT2D eigenvalue weighted by molar-refractivity contribution is 6.07. The van der Waals surface area contributed by atoms with E-state index in [2.05, 4.69) is 5.32 Å². The van der Waals surface area contributed by atoms with Crippen molar-refractivity contribution in [2.24, 2.45) is 0 Å². The molecule has 3 amide bonds. The van der Waals surface area contributed by atoms with E-state index in [-0.39, 0.29) is 11.9 Å². The summed E-state index contributed by atoms with van der Waals surface area (Å²) in [6.45, 7) is 2.73. The van der Waals surface area contributed by atoms with Crippen LogP contribution in [0.1, 0.15) is 51.9 Å². The van der Waals surface area contributed by atoms with E-state index in [9.17, 15) is 9.59 Å². The summed E-state index contributed by atoms with van der Waals surface area (Å²) in [5.41, 5.74) is -0.510. The zero-order valence-electron chi connectivity index (χ0n) is 9.92. The van der Waals surface area contributed by atoms with E-state index in [1.807, 2.05) is 6.92 Å². The van der Waals surface area contributed by atoms with Crippen molar-refractivity contribution >= 4 is 11.9 Å². The van der Waals surface area contributed by atoms with Crippen LogP contribution in [-0.4, -0.2) is 28.9 Å². The SMILES string of the molecule is CCCN1C(=O)NC(=O)C12CCCCCC2. The predicted molar refractivity (Wildman–Crippen MR) is 61.0 cm³/mol. The van der Waals surface area contributed by atoms with Crippen molar-refractivity contribution in [3.8, 4) is 0 Å². The molecule has 2 fully saturated rings. The third-order valence-electron chi connectivity index (χ3n) is 3.78. The van der Waals surface area contributed by atoms with E-state index < -0.39 is 5.54 Å². The maximum absolute atomic E-state index is 12.0. The number of imide groups is 1. The summed E-state index contributed by atoms with van der Waals surface area (Å²) in [4.78, 5) is 25.6. The first-order valence-corrected chi connectivity index (χ1v) is 6.34. The topological polar surface area (TPSA) is 49.4 Å². The normalized spacial score (nSPS) is 24.7. The Labute approximate surface area is 96.4 Å². The lowest BCUT2D eigenvalue weighted by Crippen LogP contribution is -2.49. The molecule has 1 saturated carbocycles. The predicted octanol–water partition coefficient (Wildman–Crippen LogP) is 2.04. The molecule has 1 spiro atoms. The van der Waals surface area contributed by atoms with E-state index in [0.717, 1.165) is 32.1 Å². The third-order valence-corrected chi connectivity index (χ3v) is 3.78. The fourth-order valence-corrected chi connectivity index (χ4v) is 2.95. The van der Waals surface area contributed by atoms with Crippen LogP contribution < -0.4 is 5.32 Å². The van der Waals surface area contributed by atoms with Crippen LogP contribution in [0.15, 0.2) is 0 Å². The van der Waals surface area contributed by atoms with Gasteiger partial charge >= 0.3 is 6.03 Å². The fraction of sp³-hybridized carbons (Fsp3) is 0.833. The number of carbonyl (C=O) groups excluding carboxylic acids is 2. The summed E-state index contributed by atoms with van der Waals surface area (Å²) in [5.74, 6) is -0.0622. The van der Waals surface area contributed by atoms with Gasteiger partial charge in [0.2, 0.25) is 0 Å². The van der Waals surface area contributed by atoms with Crippen LogP contribution in [0.4, 0.5) is 4.79 Å². The number of hydrogen-bond acceptors (Lipinski definition) is 2. The molecule has 0 aromatic rings. The van der Waals surface area contributed by atoms with Crippen molar-refractivity contribution in [3.63, 3.8) is 0 Å². The minimum absolute atomic E-state index is 0.0622. The fourth-order valence-electron chi connectivity index (χ4n) is 2.95. The number of carbonyl (C=O) groups is 2. The lowest BCUT2D eigenvalue weighted by molar-refractivity contribution is -0.127. The largest absolute Gasteiger partial charge is 0.325 e. The number of urea groups is 1. The van der Waals surface area contributed by atoms with Gasteiger partial charge in [-0.3, -0.25) is 10.1 Å². The van der Waals surface area contributed by atoms with Crippen molar-refractivity contribution in [2.45, 2.75) is 57.4 Å². The van der Waals surface area contributed by atoms with E-state index >= 15 is 0 Å². The molecule has 1 aliphatic carbocycles. The molecule has 0 unspecified atom stereocenters. The summed E-state index contributed by atoms with van der Waals surface area (Å²) in [6, 6.07) is -0.186. The maximum Gasteiger partial charge on any atom is 0.325 e. The Morgan fingerprint density at radius 1 is 1.19 bits per heavy atom. The second kappa shape index (κ2) is 4.44. The molecule has 0 atom stereocenters. The molecule has 16 heavy (non-hydrogen) atoms. The van der Waals surface area contributed by atoms with Gasteiger partial charge in [-0.1, -0.05) is 32.6 Å². The molecule has 2 rings (SSSR count). The van der Waals surface area contributed by atoms with Crippen molar-refractivity contribution < 1.29 is 9.59 Å². The molecular formula is C12H20N2O2. The van der Waals surface area contributed by atoms with Gasteiger partial charge in [0.1, 0.15) is 5.54 Å². The van der Waals surface area contributed by atoms with E-state index in [1.54, 1.807) is 4.90 Å². The Hall–Kier alpha value is -1.06. The number of nitrogens with one attached hydrogen (secondary N) is 1. The first-order chi connectivity index (χ1) is 7.70. The van der Waals surface area contributed by atoms with Crippen molar-refractivity contribution in [3.05, 3.63) is 0 Å². The molecule has 0 aromatic carbocycles. The van der Waals surface area contributed by atoms with Gasteiger partial charge in [0.25, 0.3) is 5.91 Å². The second-order valence-electron chi connectivity index (χ2n) is 4.86. The number of rotatable bonds is 2. The first-order valence-electron chi connectivity index (χ1n) is 6.34. The highest BCUT2D eigenvalue weighted by atomic mass is 16.2. The second-order valence-corrected chi connectivity index (χ2v) is 4.86. The maximum atomic E-state index is 12.0. The highest BCUT2D eigenvalue weighted by Crippen LogP contribution is 2.36. The zero-order valence-corrected chi connectivity index (χ0v) is 9.92. The van der Waals surface area contributed by atoms with Crippen LogP contribution in [0.2, 0.25) is 0 Å². The standard InChI is InChI=1S/C12H20N2O2/c1-2-9-14-11(16)13-10(15)12(14)7-5-3-4-6-8-12/h2-9H2,1H3,(H,13,15,16). The molecule has 1 N–H and O–H groups in total. The van der Waals surface area contributed by atoms with Gasteiger partial charge in [-0.2, -0.15) is 0 Å². The average molecular weight is 224 g/mol. The highest BCUT2D eigenvalue weighted by Gasteiger charge is 2.51. The quantitative estimate of drug-likeness (QED) is 0.730. The van der Waals surface area contributed by atoms with Crippen LogP contribution in [-0.2, 0) is 4.79 Å². The molecule has 90 valence electrons. The van der Waals surface area contributed by atoms with Crippen LogP contribution in [0.3, 0.4) is 0 Å². The number of nitrogens with zero attached hydrogens (tertiary/aromatic N) is 1. The van der Waals surface area contributed by atoms with Crippen LogP contribution in [0.25, 0.3) is 0 Å². The molecule has 2 aliphatic rings. The van der Waals surface area contributed by atoms with E-state index in [0.29, 0.717) is 6.54 Å². The Morgan fingerprint density at radius 2 is 1.81 bits per heavy atom. The number of hydrogen-bond donors (Lipinski definition) is 1. The van der Waals surface area contributed by atoms with Crippen molar-refractivity contribution in [2.75, 3.05) is 6.54 Å². The van der Waals surface area contributed by atoms with Gasteiger partial charge in [-0.05, 0) is 19.3 Å². The summed E-state index contributed by atoms with van der Waals surface area (Å²) in [5, 5.41) is 2.49. The van der Waals surface area contributed by atoms with Crippen LogP contribution in [0.5, 0.6) is 0 Å². The Morgan fingerprint density at radius 3 is 2.38 bits per heavy atom. The van der Waals surface area contributed by atoms with Crippen LogP contribution >= 0.6 is 0 Å². The molecule has 4 nitrogen and oxygen atoms in total. The van der Waals surface area contributed by atoms with Gasteiger partial charge < -0.3 is 4.90 Å². The Kier molecular flexibility index (Phi) is 3.17. The number of amides is 3. The van der Waals surface area contributed by atoms with Gasteiger partial charge in [0.15, 0.2) is 0 Å². The van der Waals surface area contributed by atoms with Gasteiger partial charge in [-0.15, -0.1) is 0 Å². The summed E-state index contributed by atoms with van der Waals surface area (Å²) >= 11 is 0. The lowest BCUT2D eigenvalue weighted by Gasteiger charge is -2.34. The molecule has 0 radical (unpaired) electrons.